The van der Waals surface area contributed by atoms with Crippen LogP contribution in [0.3, 0.4) is 0 Å². The molecular formula is C26H39ClO2. The predicted molar refractivity (Wildman–Crippen MR) is 128 cm³/mol. The quantitative estimate of drug-likeness (QED) is 0.171. The molecular weight excluding hydrogens is 380 g/mol. The number of halogens is 1. The Morgan fingerprint density at radius 2 is 1.83 bits per heavy atom. The van der Waals surface area contributed by atoms with Crippen molar-refractivity contribution < 1.29 is 9.53 Å². The SMILES string of the molecule is C=CC(=C)/C=C(/C=C/CC(C=C)CC[C@@H](CC)CC(=O)OC(C)(C)C)\C=C(/C)Cl. The first kappa shape index (κ1) is 27.2. The molecule has 0 radical (unpaired) electrons. The van der Waals surface area contributed by atoms with Crippen molar-refractivity contribution >= 4 is 17.6 Å². The molecule has 0 rings (SSSR count). The highest BCUT2D eigenvalue weighted by atomic mass is 35.5. The molecule has 0 aliphatic heterocycles. The highest BCUT2D eigenvalue weighted by molar-refractivity contribution is 6.29. The average Bonchev–Trinajstić information content (AvgIpc) is 2.60. The smallest absolute Gasteiger partial charge is 0.306 e. The lowest BCUT2D eigenvalue weighted by molar-refractivity contribution is -0.156. The van der Waals surface area contributed by atoms with E-state index in [1.165, 1.54) is 0 Å². The molecule has 2 nitrogen and oxygen atoms in total. The number of hydrogen-bond acceptors (Lipinski definition) is 2. The van der Waals surface area contributed by atoms with Gasteiger partial charge >= 0.3 is 5.97 Å². The normalized spacial score (nSPS) is 15.1. The molecule has 1 unspecified atom stereocenters. The van der Waals surface area contributed by atoms with Crippen LogP contribution in [0, 0.1) is 11.8 Å². The zero-order valence-electron chi connectivity index (χ0n) is 19.0. The van der Waals surface area contributed by atoms with Crippen molar-refractivity contribution in [3.63, 3.8) is 0 Å². The minimum Gasteiger partial charge on any atom is -0.460 e. The van der Waals surface area contributed by atoms with Gasteiger partial charge in [-0.05, 0) is 82.1 Å². The summed E-state index contributed by atoms with van der Waals surface area (Å²) in [4.78, 5) is 12.1. The Morgan fingerprint density at radius 1 is 1.17 bits per heavy atom. The van der Waals surface area contributed by atoms with Crippen LogP contribution in [0.2, 0.25) is 0 Å². The van der Waals surface area contributed by atoms with Gasteiger partial charge in [-0.15, -0.1) is 6.58 Å². The molecule has 162 valence electrons. The lowest BCUT2D eigenvalue weighted by Gasteiger charge is -2.22. The molecule has 0 amide bonds. The largest absolute Gasteiger partial charge is 0.460 e. The second-order valence-electron chi connectivity index (χ2n) is 8.43. The van der Waals surface area contributed by atoms with E-state index in [0.29, 0.717) is 23.3 Å². The molecule has 0 spiro atoms. The average molecular weight is 419 g/mol. The second kappa shape index (κ2) is 14.2. The standard InChI is InChI=1S/C26H39ClO2/c1-9-20(4)17-24(18-21(5)27)14-12-13-22(10-2)15-16-23(11-3)19-25(28)29-26(6,7)8/h9-10,12,14,17-18,22-23H,1-2,4,11,13,15-16,19H2,3,5-8H3/b14-12+,21-18+,24-17-/t22?,23-/m1/s1. The van der Waals surface area contributed by atoms with Gasteiger partial charge in [-0.3, -0.25) is 4.79 Å². The van der Waals surface area contributed by atoms with Crippen molar-refractivity contribution in [1.29, 1.82) is 0 Å². The molecule has 0 saturated carbocycles. The maximum absolute atomic E-state index is 12.1. The Labute approximate surface area is 183 Å². The fraction of sp³-hybridized carbons (Fsp3) is 0.500. The Bertz CT molecular complexity index is 640. The summed E-state index contributed by atoms with van der Waals surface area (Å²) in [6.45, 7) is 21.3. The molecule has 0 heterocycles. The van der Waals surface area contributed by atoms with Crippen molar-refractivity contribution in [1.82, 2.24) is 0 Å². The van der Waals surface area contributed by atoms with Crippen molar-refractivity contribution in [2.24, 2.45) is 11.8 Å². The first-order valence-electron chi connectivity index (χ1n) is 10.4. The first-order chi connectivity index (χ1) is 13.5. The molecule has 0 aliphatic carbocycles. The number of carbonyl (C=O) groups excluding carboxylic acids is 1. The van der Waals surface area contributed by atoms with E-state index in [2.05, 4.69) is 38.8 Å². The summed E-state index contributed by atoms with van der Waals surface area (Å²) in [6, 6.07) is 0. The molecule has 0 aromatic rings. The van der Waals surface area contributed by atoms with E-state index in [9.17, 15) is 4.79 Å². The maximum atomic E-state index is 12.1. The highest BCUT2D eigenvalue weighted by Crippen LogP contribution is 2.24. The fourth-order valence-corrected chi connectivity index (χ4v) is 3.00. The minimum absolute atomic E-state index is 0.111. The fourth-order valence-electron chi connectivity index (χ4n) is 2.87. The van der Waals surface area contributed by atoms with Gasteiger partial charge in [0, 0.05) is 11.5 Å². The third-order valence-electron chi connectivity index (χ3n) is 4.46. The Kier molecular flexibility index (Phi) is 13.3. The van der Waals surface area contributed by atoms with Crippen LogP contribution in [0.25, 0.3) is 0 Å². The Morgan fingerprint density at radius 3 is 2.31 bits per heavy atom. The van der Waals surface area contributed by atoms with Crippen molar-refractivity contribution in [2.75, 3.05) is 0 Å². The minimum atomic E-state index is -0.429. The van der Waals surface area contributed by atoms with E-state index < -0.39 is 5.60 Å². The number of carbonyl (C=O) groups is 1. The summed E-state index contributed by atoms with van der Waals surface area (Å²) in [6.07, 6.45) is 16.1. The second-order valence-corrected chi connectivity index (χ2v) is 9.03. The number of esters is 1. The molecule has 29 heavy (non-hydrogen) atoms. The van der Waals surface area contributed by atoms with Crippen molar-refractivity contribution in [2.45, 2.75) is 72.3 Å². The van der Waals surface area contributed by atoms with Crippen molar-refractivity contribution in [3.8, 4) is 0 Å². The van der Waals surface area contributed by atoms with Crippen LogP contribution < -0.4 is 0 Å². The molecule has 2 atom stereocenters. The van der Waals surface area contributed by atoms with E-state index in [4.69, 9.17) is 16.3 Å². The molecule has 0 saturated heterocycles. The highest BCUT2D eigenvalue weighted by Gasteiger charge is 2.20. The van der Waals surface area contributed by atoms with E-state index in [1.54, 1.807) is 6.08 Å². The van der Waals surface area contributed by atoms with E-state index in [-0.39, 0.29) is 5.97 Å². The number of rotatable bonds is 13. The van der Waals surface area contributed by atoms with Crippen LogP contribution in [-0.4, -0.2) is 11.6 Å². The van der Waals surface area contributed by atoms with Crippen molar-refractivity contribution in [3.05, 3.63) is 72.4 Å². The maximum Gasteiger partial charge on any atom is 0.306 e. The molecule has 3 heteroatoms. The number of ether oxygens (including phenoxy) is 1. The zero-order chi connectivity index (χ0) is 22.4. The number of allylic oxidation sites excluding steroid dienone is 9. The van der Waals surface area contributed by atoms with Gasteiger partial charge in [0.15, 0.2) is 0 Å². The van der Waals surface area contributed by atoms with Crippen LogP contribution in [0.15, 0.2) is 72.4 Å². The Balaban J connectivity index is 4.80. The predicted octanol–water partition coefficient (Wildman–Crippen LogP) is 8.08. The van der Waals surface area contributed by atoms with Gasteiger partial charge in [0.2, 0.25) is 0 Å². The molecule has 0 N–H and O–H groups in total. The van der Waals surface area contributed by atoms with E-state index >= 15 is 0 Å². The monoisotopic (exact) mass is 418 g/mol. The summed E-state index contributed by atoms with van der Waals surface area (Å²) in [5, 5.41) is 0.714. The molecule has 0 aliphatic rings. The van der Waals surface area contributed by atoms with Crippen LogP contribution in [0.5, 0.6) is 0 Å². The van der Waals surface area contributed by atoms with Gasteiger partial charge in [0.25, 0.3) is 0 Å². The molecule has 0 bridgehead atoms. The summed E-state index contributed by atoms with van der Waals surface area (Å²) < 4.78 is 5.46. The van der Waals surface area contributed by atoms with Crippen LogP contribution in [-0.2, 0) is 9.53 Å². The summed E-state index contributed by atoms with van der Waals surface area (Å²) in [7, 11) is 0. The van der Waals surface area contributed by atoms with Crippen LogP contribution in [0.4, 0.5) is 0 Å². The number of hydrogen-bond donors (Lipinski definition) is 0. The first-order valence-corrected chi connectivity index (χ1v) is 10.8. The Hall–Kier alpha value is -1.80. The summed E-state index contributed by atoms with van der Waals surface area (Å²) in [5.74, 6) is 0.591. The van der Waals surface area contributed by atoms with Gasteiger partial charge < -0.3 is 4.74 Å². The summed E-state index contributed by atoms with van der Waals surface area (Å²) >= 11 is 6.03. The van der Waals surface area contributed by atoms with E-state index in [1.807, 2.05) is 45.9 Å². The third kappa shape index (κ3) is 14.8. The third-order valence-corrected chi connectivity index (χ3v) is 4.57. The molecule has 0 aromatic carbocycles. The topological polar surface area (TPSA) is 26.3 Å². The lowest BCUT2D eigenvalue weighted by Crippen LogP contribution is -2.25. The van der Waals surface area contributed by atoms with Gasteiger partial charge in [-0.1, -0.05) is 62.4 Å². The zero-order valence-corrected chi connectivity index (χ0v) is 19.7. The lowest BCUT2D eigenvalue weighted by atomic mass is 9.90. The molecule has 0 aromatic heterocycles. The van der Waals surface area contributed by atoms with Gasteiger partial charge in [0.1, 0.15) is 5.60 Å². The van der Waals surface area contributed by atoms with Gasteiger partial charge in [-0.25, -0.2) is 0 Å². The molecule has 0 fully saturated rings. The van der Waals surface area contributed by atoms with Crippen LogP contribution in [0.1, 0.15) is 66.7 Å². The summed E-state index contributed by atoms with van der Waals surface area (Å²) in [5.41, 5.74) is 1.40. The van der Waals surface area contributed by atoms with Gasteiger partial charge in [-0.2, -0.15) is 0 Å². The van der Waals surface area contributed by atoms with Crippen LogP contribution >= 0.6 is 11.6 Å². The van der Waals surface area contributed by atoms with Gasteiger partial charge in [0.05, 0.1) is 0 Å². The van der Waals surface area contributed by atoms with E-state index in [0.717, 1.165) is 36.8 Å².